The number of hydrogen-bond acceptors (Lipinski definition) is 4. The van der Waals surface area contributed by atoms with E-state index >= 15 is 0 Å². The van der Waals surface area contributed by atoms with E-state index in [2.05, 4.69) is 10.3 Å². The molecule has 0 atom stereocenters. The lowest BCUT2D eigenvalue weighted by molar-refractivity contribution is 0.602. The molecule has 19 heavy (non-hydrogen) atoms. The maximum Gasteiger partial charge on any atom is 0.181 e. The van der Waals surface area contributed by atoms with Crippen LogP contribution in [0.25, 0.3) is 11.1 Å². The van der Waals surface area contributed by atoms with E-state index in [9.17, 15) is 4.39 Å². The van der Waals surface area contributed by atoms with Crippen molar-refractivity contribution in [1.29, 1.82) is 0 Å². The summed E-state index contributed by atoms with van der Waals surface area (Å²) in [4.78, 5) is 4.05. The largest absolute Gasteiger partial charge is 0.443 e. The van der Waals surface area contributed by atoms with Gasteiger partial charge in [0, 0.05) is 12.2 Å². The maximum absolute atomic E-state index is 13.3. The average Bonchev–Trinajstić information content (AvgIpc) is 2.87. The molecule has 0 aliphatic heterocycles. The topological polar surface area (TPSA) is 64.1 Å². The van der Waals surface area contributed by atoms with Crippen LogP contribution >= 0.6 is 0 Å². The first-order valence-electron chi connectivity index (χ1n) is 5.83. The van der Waals surface area contributed by atoms with Crippen LogP contribution in [0.15, 0.2) is 47.2 Å². The predicted molar refractivity (Wildman–Crippen MR) is 72.1 cm³/mol. The van der Waals surface area contributed by atoms with Gasteiger partial charge in [-0.05, 0) is 35.9 Å². The van der Waals surface area contributed by atoms with Crippen molar-refractivity contribution in [1.82, 2.24) is 4.98 Å². The van der Waals surface area contributed by atoms with Gasteiger partial charge in [-0.2, -0.15) is 0 Å². The van der Waals surface area contributed by atoms with E-state index in [0.717, 1.165) is 16.7 Å². The van der Waals surface area contributed by atoms with E-state index in [4.69, 9.17) is 10.2 Å². The highest BCUT2D eigenvalue weighted by atomic mass is 19.1. The molecule has 4 nitrogen and oxygen atoms in total. The number of benzene rings is 2. The lowest BCUT2D eigenvalue weighted by Gasteiger charge is -2.07. The molecular formula is C14H12FN3O. The molecule has 3 rings (SSSR count). The van der Waals surface area contributed by atoms with Gasteiger partial charge in [0.15, 0.2) is 12.0 Å². The van der Waals surface area contributed by atoms with E-state index in [1.54, 1.807) is 6.07 Å². The molecule has 0 fully saturated rings. The normalized spacial score (nSPS) is 10.8. The van der Waals surface area contributed by atoms with Crippen molar-refractivity contribution >= 4 is 22.5 Å². The maximum atomic E-state index is 13.3. The summed E-state index contributed by atoms with van der Waals surface area (Å²) in [6.45, 7) is 0.569. The minimum atomic E-state index is -0.421. The van der Waals surface area contributed by atoms with Gasteiger partial charge in [0.1, 0.15) is 11.3 Å². The van der Waals surface area contributed by atoms with Gasteiger partial charge < -0.3 is 15.5 Å². The Hall–Kier alpha value is -2.56. The van der Waals surface area contributed by atoms with Gasteiger partial charge in [-0.15, -0.1) is 0 Å². The van der Waals surface area contributed by atoms with Gasteiger partial charge >= 0.3 is 0 Å². The minimum Gasteiger partial charge on any atom is -0.443 e. The number of nitrogens with two attached hydrogens (primary N) is 1. The molecule has 1 aromatic heterocycles. The van der Waals surface area contributed by atoms with E-state index in [-0.39, 0.29) is 5.69 Å². The fraction of sp³-hybridized carbons (Fsp3) is 0.0714. The minimum absolute atomic E-state index is 0.147. The zero-order valence-corrected chi connectivity index (χ0v) is 10.1. The highest BCUT2D eigenvalue weighted by Gasteiger charge is 2.02. The van der Waals surface area contributed by atoms with Gasteiger partial charge in [-0.1, -0.05) is 6.07 Å². The molecule has 1 heterocycles. The molecule has 0 radical (unpaired) electrons. The standard InChI is InChI=1S/C14H12FN3O/c15-11-6-10(2-3-12(11)16)17-7-9-1-4-13-14(5-9)19-8-18-13/h1-6,8,17H,7,16H2. The molecule has 0 aliphatic carbocycles. The first-order chi connectivity index (χ1) is 9.22. The highest BCUT2D eigenvalue weighted by molar-refractivity contribution is 5.72. The number of oxazole rings is 1. The van der Waals surface area contributed by atoms with Crippen LogP contribution in [0.2, 0.25) is 0 Å². The van der Waals surface area contributed by atoms with Crippen LogP contribution in [0.3, 0.4) is 0 Å². The van der Waals surface area contributed by atoms with Crippen molar-refractivity contribution < 1.29 is 8.81 Å². The summed E-state index contributed by atoms with van der Waals surface area (Å²) in [7, 11) is 0. The number of fused-ring (bicyclic) bond motifs is 1. The van der Waals surface area contributed by atoms with Crippen LogP contribution in [0.1, 0.15) is 5.56 Å². The smallest absolute Gasteiger partial charge is 0.181 e. The number of nitrogens with one attached hydrogen (secondary N) is 1. The number of nitrogen functional groups attached to an aromatic ring is 1. The molecule has 3 aromatic rings. The number of aromatic nitrogens is 1. The van der Waals surface area contributed by atoms with Crippen molar-refractivity contribution in [3.05, 3.63) is 54.2 Å². The van der Waals surface area contributed by atoms with Crippen LogP contribution in [-0.4, -0.2) is 4.98 Å². The van der Waals surface area contributed by atoms with Crippen molar-refractivity contribution in [3.8, 4) is 0 Å². The molecular weight excluding hydrogens is 245 g/mol. The molecule has 0 saturated heterocycles. The number of nitrogens with zero attached hydrogens (tertiary/aromatic N) is 1. The molecule has 2 aromatic carbocycles. The van der Waals surface area contributed by atoms with E-state index < -0.39 is 5.82 Å². The Bertz CT molecular complexity index is 724. The fourth-order valence-corrected chi connectivity index (χ4v) is 1.85. The van der Waals surface area contributed by atoms with Gasteiger partial charge in [-0.3, -0.25) is 0 Å². The Morgan fingerprint density at radius 2 is 2.11 bits per heavy atom. The lowest BCUT2D eigenvalue weighted by Crippen LogP contribution is -2.00. The molecule has 0 bridgehead atoms. The van der Waals surface area contributed by atoms with E-state index in [1.807, 2.05) is 18.2 Å². The van der Waals surface area contributed by atoms with Crippen molar-refractivity contribution in [2.24, 2.45) is 0 Å². The molecule has 0 unspecified atom stereocenters. The molecule has 5 heteroatoms. The highest BCUT2D eigenvalue weighted by Crippen LogP contribution is 2.18. The van der Waals surface area contributed by atoms with Crippen molar-refractivity contribution in [2.75, 3.05) is 11.1 Å². The third-order valence-electron chi connectivity index (χ3n) is 2.89. The third kappa shape index (κ3) is 2.35. The Morgan fingerprint density at radius 3 is 2.95 bits per heavy atom. The predicted octanol–water partition coefficient (Wildman–Crippen LogP) is 3.16. The van der Waals surface area contributed by atoms with Gasteiger partial charge in [0.25, 0.3) is 0 Å². The Morgan fingerprint density at radius 1 is 1.21 bits per heavy atom. The molecule has 0 saturated carbocycles. The second kappa shape index (κ2) is 4.61. The number of anilines is 2. The molecule has 0 aliphatic rings. The van der Waals surface area contributed by atoms with Crippen LogP contribution in [0.4, 0.5) is 15.8 Å². The first kappa shape index (κ1) is 11.5. The third-order valence-corrected chi connectivity index (χ3v) is 2.89. The number of rotatable bonds is 3. The SMILES string of the molecule is Nc1ccc(NCc2ccc3ncoc3c2)cc1F. The second-order valence-electron chi connectivity index (χ2n) is 4.24. The monoisotopic (exact) mass is 257 g/mol. The summed E-state index contributed by atoms with van der Waals surface area (Å²) in [5, 5.41) is 3.13. The van der Waals surface area contributed by atoms with Crippen LogP contribution in [-0.2, 0) is 6.54 Å². The quantitative estimate of drug-likeness (QED) is 0.707. The molecule has 0 amide bonds. The Kier molecular flexibility index (Phi) is 2.79. The van der Waals surface area contributed by atoms with Crippen molar-refractivity contribution in [3.63, 3.8) is 0 Å². The lowest BCUT2D eigenvalue weighted by atomic mass is 10.2. The molecule has 3 N–H and O–H groups in total. The zero-order chi connectivity index (χ0) is 13.2. The van der Waals surface area contributed by atoms with Crippen LogP contribution in [0.5, 0.6) is 0 Å². The Balaban J connectivity index is 1.75. The van der Waals surface area contributed by atoms with Gasteiger partial charge in [0.05, 0.1) is 5.69 Å². The summed E-state index contributed by atoms with van der Waals surface area (Å²) >= 11 is 0. The summed E-state index contributed by atoms with van der Waals surface area (Å²) < 4.78 is 18.5. The summed E-state index contributed by atoms with van der Waals surface area (Å²) in [5.41, 5.74) is 8.85. The summed E-state index contributed by atoms with van der Waals surface area (Å²) in [6, 6.07) is 10.4. The molecule has 96 valence electrons. The number of halogens is 1. The first-order valence-corrected chi connectivity index (χ1v) is 5.83. The Labute approximate surface area is 109 Å². The van der Waals surface area contributed by atoms with Crippen LogP contribution < -0.4 is 11.1 Å². The van der Waals surface area contributed by atoms with E-state index in [1.165, 1.54) is 18.5 Å². The second-order valence-corrected chi connectivity index (χ2v) is 4.24. The summed E-state index contributed by atoms with van der Waals surface area (Å²) in [5.74, 6) is -0.421. The van der Waals surface area contributed by atoms with Crippen molar-refractivity contribution in [2.45, 2.75) is 6.54 Å². The average molecular weight is 257 g/mol. The summed E-state index contributed by atoms with van der Waals surface area (Å²) in [6.07, 6.45) is 1.41. The fourth-order valence-electron chi connectivity index (χ4n) is 1.85. The molecule has 0 spiro atoms. The zero-order valence-electron chi connectivity index (χ0n) is 10.1. The number of hydrogen-bond donors (Lipinski definition) is 2. The van der Waals surface area contributed by atoms with Gasteiger partial charge in [0.2, 0.25) is 0 Å². The van der Waals surface area contributed by atoms with Crippen LogP contribution in [0, 0.1) is 5.82 Å². The van der Waals surface area contributed by atoms with Gasteiger partial charge in [-0.25, -0.2) is 9.37 Å². The van der Waals surface area contributed by atoms with E-state index in [0.29, 0.717) is 12.2 Å².